The van der Waals surface area contributed by atoms with E-state index < -0.39 is 11.9 Å². The molecule has 126 valence electrons. The number of rotatable bonds is 5. The lowest BCUT2D eigenvalue weighted by atomic mass is 9.88. The maximum absolute atomic E-state index is 12.8. The van der Waals surface area contributed by atoms with Crippen LogP contribution in [-0.2, 0) is 22.6 Å². The molecular weight excluding hydrogens is 303 g/mol. The van der Waals surface area contributed by atoms with Gasteiger partial charge in [0.05, 0.1) is 19.8 Å². The second-order valence-electron chi connectivity index (χ2n) is 6.79. The van der Waals surface area contributed by atoms with Gasteiger partial charge in [0.1, 0.15) is 0 Å². The predicted octanol–water partition coefficient (Wildman–Crippen LogP) is 1.23. The zero-order valence-corrected chi connectivity index (χ0v) is 13.8. The van der Waals surface area contributed by atoms with Crippen LogP contribution in [0.15, 0.2) is 24.3 Å². The molecule has 1 amide bonds. The highest BCUT2D eigenvalue weighted by Crippen LogP contribution is 2.29. The van der Waals surface area contributed by atoms with Crippen LogP contribution in [0.25, 0.3) is 0 Å². The van der Waals surface area contributed by atoms with Gasteiger partial charge >= 0.3 is 5.97 Å². The first-order valence-corrected chi connectivity index (χ1v) is 8.62. The Balaban J connectivity index is 1.66. The molecule has 2 aliphatic rings. The third-order valence-electron chi connectivity index (χ3n) is 5.23. The van der Waals surface area contributed by atoms with E-state index in [9.17, 15) is 14.7 Å². The average Bonchev–Trinajstić information content (AvgIpc) is 3.03. The predicted molar refractivity (Wildman–Crippen MR) is 91.8 cm³/mol. The summed E-state index contributed by atoms with van der Waals surface area (Å²) in [7, 11) is 5.55. The second-order valence-corrected chi connectivity index (χ2v) is 6.79. The number of carboxylic acid groups (broad SMARTS) is 1. The first-order valence-electron chi connectivity index (χ1n) is 8.62. The molecule has 5 nitrogen and oxygen atoms in total. The number of carboxylic acids is 1. The number of nitrogens with zero attached hydrogens (tertiary/aromatic N) is 1. The molecule has 0 bridgehead atoms. The Morgan fingerprint density at radius 3 is 2.71 bits per heavy atom. The average molecular weight is 326 g/mol. The molecule has 1 aromatic rings. The molecule has 3 rings (SSSR count). The molecular formula is C18H23BN2O3. The number of hydrogen-bond acceptors (Lipinski definition) is 3. The quantitative estimate of drug-likeness (QED) is 0.799. The number of nitrogens with one attached hydrogen (secondary N) is 1. The van der Waals surface area contributed by atoms with E-state index in [2.05, 4.69) is 17.4 Å². The molecule has 2 N–H and O–H groups in total. The summed E-state index contributed by atoms with van der Waals surface area (Å²) in [6.45, 7) is 1.51. The van der Waals surface area contributed by atoms with Crippen molar-refractivity contribution >= 4 is 19.7 Å². The van der Waals surface area contributed by atoms with Crippen LogP contribution in [0, 0.1) is 11.8 Å². The monoisotopic (exact) mass is 326 g/mol. The molecule has 3 atom stereocenters. The molecule has 1 aromatic carbocycles. The lowest BCUT2D eigenvalue weighted by molar-refractivity contribution is -0.142. The van der Waals surface area contributed by atoms with Crippen molar-refractivity contribution in [2.24, 2.45) is 11.8 Å². The van der Waals surface area contributed by atoms with E-state index >= 15 is 0 Å². The van der Waals surface area contributed by atoms with Gasteiger partial charge in [0, 0.05) is 19.6 Å². The Bertz CT molecular complexity index is 622. The van der Waals surface area contributed by atoms with Crippen LogP contribution in [0.3, 0.4) is 0 Å². The van der Waals surface area contributed by atoms with Crippen LogP contribution in [0.5, 0.6) is 0 Å². The van der Waals surface area contributed by atoms with Crippen molar-refractivity contribution in [2.45, 2.75) is 38.2 Å². The van der Waals surface area contributed by atoms with Gasteiger partial charge in [0.15, 0.2) is 0 Å². The van der Waals surface area contributed by atoms with Crippen molar-refractivity contribution in [2.75, 3.05) is 13.1 Å². The molecule has 24 heavy (non-hydrogen) atoms. The smallest absolute Gasteiger partial charge is 0.308 e. The Labute approximate surface area is 143 Å². The van der Waals surface area contributed by atoms with Gasteiger partial charge in [-0.25, -0.2) is 0 Å². The molecule has 3 unspecified atom stereocenters. The molecule has 0 spiro atoms. The Morgan fingerprint density at radius 2 is 2.00 bits per heavy atom. The van der Waals surface area contributed by atoms with Crippen LogP contribution in [0.4, 0.5) is 0 Å². The molecule has 1 fully saturated rings. The molecule has 6 heteroatoms. The number of aliphatic carboxylic acids is 1. The van der Waals surface area contributed by atoms with Gasteiger partial charge in [-0.2, -0.15) is 0 Å². The van der Waals surface area contributed by atoms with E-state index in [-0.39, 0.29) is 17.9 Å². The standard InChI is InChI=1S/C18H23BN2O3/c19-7-3-6-14-10-21(11-15(14)18(23)24)17(22)16-8-12-4-1-2-5-13(12)9-20-16/h1-2,4-5,14-16,20H,3,6-11H2,(H,23,24). The fourth-order valence-electron chi connectivity index (χ4n) is 3.85. The van der Waals surface area contributed by atoms with Gasteiger partial charge in [-0.15, -0.1) is 0 Å². The largest absolute Gasteiger partial charge is 0.481 e. The van der Waals surface area contributed by atoms with E-state index in [4.69, 9.17) is 7.85 Å². The van der Waals surface area contributed by atoms with Crippen molar-refractivity contribution < 1.29 is 14.7 Å². The van der Waals surface area contributed by atoms with Gasteiger partial charge in [-0.05, 0) is 29.9 Å². The van der Waals surface area contributed by atoms with E-state index in [0.29, 0.717) is 32.4 Å². The number of fused-ring (bicyclic) bond motifs is 1. The van der Waals surface area contributed by atoms with Crippen LogP contribution < -0.4 is 5.32 Å². The minimum atomic E-state index is -0.811. The first-order chi connectivity index (χ1) is 11.6. The minimum absolute atomic E-state index is 0.00544. The van der Waals surface area contributed by atoms with Gasteiger partial charge in [-0.1, -0.05) is 37.0 Å². The van der Waals surface area contributed by atoms with Gasteiger partial charge < -0.3 is 15.3 Å². The fourth-order valence-corrected chi connectivity index (χ4v) is 3.85. The van der Waals surface area contributed by atoms with Crippen molar-refractivity contribution in [3.05, 3.63) is 35.4 Å². The van der Waals surface area contributed by atoms with E-state index in [1.165, 1.54) is 11.1 Å². The lowest BCUT2D eigenvalue weighted by Crippen LogP contribution is -2.49. The molecule has 0 saturated carbocycles. The third kappa shape index (κ3) is 3.48. The van der Waals surface area contributed by atoms with Crippen molar-refractivity contribution in [1.29, 1.82) is 0 Å². The second kappa shape index (κ2) is 7.39. The maximum atomic E-state index is 12.8. The van der Waals surface area contributed by atoms with Gasteiger partial charge in [-0.3, -0.25) is 9.59 Å². The Morgan fingerprint density at radius 1 is 1.25 bits per heavy atom. The zero-order valence-electron chi connectivity index (χ0n) is 13.8. The number of likely N-dealkylation sites (tertiary alicyclic amines) is 1. The topological polar surface area (TPSA) is 69.6 Å². The highest BCUT2D eigenvalue weighted by molar-refractivity contribution is 6.08. The minimum Gasteiger partial charge on any atom is -0.481 e. The third-order valence-corrected chi connectivity index (χ3v) is 5.23. The Kier molecular flexibility index (Phi) is 5.24. The maximum Gasteiger partial charge on any atom is 0.308 e. The van der Waals surface area contributed by atoms with Gasteiger partial charge in [0.2, 0.25) is 5.91 Å². The van der Waals surface area contributed by atoms with Crippen LogP contribution >= 0.6 is 0 Å². The first kappa shape index (κ1) is 17.0. The molecule has 2 heterocycles. The highest BCUT2D eigenvalue weighted by atomic mass is 16.4. The highest BCUT2D eigenvalue weighted by Gasteiger charge is 2.41. The normalized spacial score (nSPS) is 26.2. The molecule has 2 radical (unpaired) electrons. The lowest BCUT2D eigenvalue weighted by Gasteiger charge is -2.29. The van der Waals surface area contributed by atoms with Crippen LogP contribution in [0.2, 0.25) is 6.32 Å². The van der Waals surface area contributed by atoms with E-state index in [1.807, 2.05) is 12.1 Å². The molecule has 2 aliphatic heterocycles. The summed E-state index contributed by atoms with van der Waals surface area (Å²) in [6.07, 6.45) is 2.78. The molecule has 0 aliphatic carbocycles. The fraction of sp³-hybridized carbons (Fsp3) is 0.556. The summed E-state index contributed by atoms with van der Waals surface area (Å²) in [5, 5.41) is 12.7. The van der Waals surface area contributed by atoms with Crippen molar-refractivity contribution in [3.8, 4) is 0 Å². The zero-order chi connectivity index (χ0) is 17.1. The van der Waals surface area contributed by atoms with Crippen LogP contribution in [0.1, 0.15) is 24.0 Å². The number of amides is 1. The summed E-state index contributed by atoms with van der Waals surface area (Å²) < 4.78 is 0. The number of hydrogen-bond donors (Lipinski definition) is 2. The van der Waals surface area contributed by atoms with E-state index in [1.54, 1.807) is 4.90 Å². The summed E-state index contributed by atoms with van der Waals surface area (Å²) in [5.41, 5.74) is 2.43. The summed E-state index contributed by atoms with van der Waals surface area (Å²) in [5.74, 6) is -1.26. The van der Waals surface area contributed by atoms with E-state index in [0.717, 1.165) is 12.8 Å². The van der Waals surface area contributed by atoms with Crippen LogP contribution in [-0.4, -0.2) is 48.9 Å². The molecule has 1 saturated heterocycles. The van der Waals surface area contributed by atoms with Gasteiger partial charge in [0.25, 0.3) is 0 Å². The van der Waals surface area contributed by atoms with Crippen molar-refractivity contribution in [1.82, 2.24) is 10.2 Å². The van der Waals surface area contributed by atoms with Crippen molar-refractivity contribution in [3.63, 3.8) is 0 Å². The Hall–Kier alpha value is -1.82. The summed E-state index contributed by atoms with van der Waals surface area (Å²) in [4.78, 5) is 26.1. The number of benzene rings is 1. The molecule has 0 aromatic heterocycles. The number of carbonyl (C=O) groups is 2. The SMILES string of the molecule is [B]CCCC1CN(C(=O)C2Cc3ccccc3CN2)CC1C(=O)O. The summed E-state index contributed by atoms with van der Waals surface area (Å²) in [6, 6.07) is 7.86. The number of carbonyl (C=O) groups excluding carboxylic acids is 1. The summed E-state index contributed by atoms with van der Waals surface area (Å²) >= 11 is 0.